The number of piperidine rings is 2. The number of aromatic nitrogens is 3. The van der Waals surface area contributed by atoms with Crippen molar-refractivity contribution < 1.29 is 13.2 Å². The summed E-state index contributed by atoms with van der Waals surface area (Å²) in [5, 5.41) is 3.95. The van der Waals surface area contributed by atoms with Crippen LogP contribution in [0, 0.1) is 6.92 Å². The maximum Gasteiger partial charge on any atom is 0.408 e. The zero-order valence-corrected chi connectivity index (χ0v) is 14.4. The Morgan fingerprint density at radius 2 is 1.67 bits per heavy atom. The van der Waals surface area contributed by atoms with Gasteiger partial charge in [-0.05, 0) is 65.8 Å². The molecule has 3 heterocycles. The number of aryl methyl sites for hydroxylation is 1. The average molecular weight is 345 g/mol. The van der Waals surface area contributed by atoms with E-state index in [1.165, 1.54) is 12.8 Å². The number of alkyl halides is 3. The van der Waals surface area contributed by atoms with Crippen LogP contribution in [0.5, 0.6) is 0 Å². The minimum atomic E-state index is -4.26. The Bertz CT molecular complexity index is 540. The molecule has 0 radical (unpaired) electrons. The van der Waals surface area contributed by atoms with Gasteiger partial charge >= 0.3 is 6.18 Å². The molecule has 5 nitrogen and oxygen atoms in total. The van der Waals surface area contributed by atoms with Crippen molar-refractivity contribution in [2.45, 2.75) is 57.3 Å². The Kier molecular flexibility index (Phi) is 5.15. The summed E-state index contributed by atoms with van der Waals surface area (Å²) < 4.78 is 39.3. The van der Waals surface area contributed by atoms with Gasteiger partial charge in [-0.1, -0.05) is 0 Å². The molecule has 2 saturated heterocycles. The molecule has 2 aliphatic rings. The van der Waals surface area contributed by atoms with Crippen LogP contribution in [0.2, 0.25) is 0 Å². The van der Waals surface area contributed by atoms with Gasteiger partial charge in [0.15, 0.2) is 0 Å². The normalized spacial score (nSPS) is 23.0. The van der Waals surface area contributed by atoms with Crippen LogP contribution in [0.15, 0.2) is 0 Å². The fourth-order valence-electron chi connectivity index (χ4n) is 3.94. The SMILES string of the molecule is Cc1nc(C2CCN(C3CCN(C)CC3)CC2)n(CC(F)(F)F)n1. The van der Waals surface area contributed by atoms with Crippen LogP contribution in [0.1, 0.15) is 43.3 Å². The summed E-state index contributed by atoms with van der Waals surface area (Å²) in [6.45, 7) is 4.75. The summed E-state index contributed by atoms with van der Waals surface area (Å²) in [6, 6.07) is 0.622. The summed E-state index contributed by atoms with van der Waals surface area (Å²) >= 11 is 0. The molecule has 2 aliphatic heterocycles. The van der Waals surface area contributed by atoms with E-state index in [2.05, 4.69) is 26.9 Å². The lowest BCUT2D eigenvalue weighted by molar-refractivity contribution is -0.143. The van der Waals surface area contributed by atoms with Gasteiger partial charge in [0.05, 0.1) is 0 Å². The van der Waals surface area contributed by atoms with Crippen molar-refractivity contribution >= 4 is 0 Å². The van der Waals surface area contributed by atoms with Crippen molar-refractivity contribution in [3.63, 3.8) is 0 Å². The van der Waals surface area contributed by atoms with E-state index < -0.39 is 12.7 Å². The molecule has 8 heteroatoms. The van der Waals surface area contributed by atoms with E-state index in [-0.39, 0.29) is 5.92 Å². The lowest BCUT2D eigenvalue weighted by atomic mass is 9.93. The maximum atomic E-state index is 12.7. The van der Waals surface area contributed by atoms with Crippen molar-refractivity contribution in [3.8, 4) is 0 Å². The largest absolute Gasteiger partial charge is 0.408 e. The fourth-order valence-corrected chi connectivity index (χ4v) is 3.94. The van der Waals surface area contributed by atoms with Gasteiger partial charge < -0.3 is 9.80 Å². The molecular formula is C16H26F3N5. The first kappa shape index (κ1) is 17.7. The van der Waals surface area contributed by atoms with Gasteiger partial charge in [-0.2, -0.15) is 18.3 Å². The van der Waals surface area contributed by atoms with Gasteiger partial charge in [0.1, 0.15) is 18.2 Å². The van der Waals surface area contributed by atoms with E-state index in [9.17, 15) is 13.2 Å². The third-order valence-electron chi connectivity index (χ3n) is 5.23. The molecule has 136 valence electrons. The predicted octanol–water partition coefficient (Wildman–Crippen LogP) is 2.42. The van der Waals surface area contributed by atoms with Gasteiger partial charge in [-0.3, -0.25) is 0 Å². The monoisotopic (exact) mass is 345 g/mol. The number of hydrogen-bond acceptors (Lipinski definition) is 4. The highest BCUT2D eigenvalue weighted by Crippen LogP contribution is 2.30. The number of nitrogens with zero attached hydrogens (tertiary/aromatic N) is 5. The Balaban J connectivity index is 1.60. The lowest BCUT2D eigenvalue weighted by Crippen LogP contribution is -2.46. The molecule has 1 aromatic heterocycles. The molecule has 24 heavy (non-hydrogen) atoms. The molecule has 3 rings (SSSR count). The average Bonchev–Trinajstić information content (AvgIpc) is 2.87. The highest BCUT2D eigenvalue weighted by molar-refractivity contribution is 5.02. The molecule has 0 atom stereocenters. The second-order valence-corrected chi connectivity index (χ2v) is 7.13. The minimum Gasteiger partial charge on any atom is -0.306 e. The molecule has 0 spiro atoms. The second kappa shape index (κ2) is 7.00. The van der Waals surface area contributed by atoms with Crippen LogP contribution in [0.4, 0.5) is 13.2 Å². The summed E-state index contributed by atoms with van der Waals surface area (Å²) in [5.41, 5.74) is 0. The zero-order valence-electron chi connectivity index (χ0n) is 14.4. The molecule has 0 saturated carbocycles. The molecule has 0 aromatic carbocycles. The third kappa shape index (κ3) is 4.27. The van der Waals surface area contributed by atoms with Gasteiger partial charge in [0.25, 0.3) is 0 Å². The minimum absolute atomic E-state index is 0.0797. The quantitative estimate of drug-likeness (QED) is 0.843. The lowest BCUT2D eigenvalue weighted by Gasteiger charge is -2.40. The summed E-state index contributed by atoms with van der Waals surface area (Å²) in [6.07, 6.45) is -0.163. The van der Waals surface area contributed by atoms with Crippen molar-refractivity contribution in [1.82, 2.24) is 24.6 Å². The number of halogens is 3. The standard InChI is InChI=1S/C16H26F3N5/c1-12-20-15(24(21-12)11-16(17,18)19)13-3-9-23(10-4-13)14-5-7-22(2)8-6-14/h13-14H,3-11H2,1-2H3. The highest BCUT2D eigenvalue weighted by atomic mass is 19.4. The summed E-state index contributed by atoms with van der Waals surface area (Å²) in [7, 11) is 2.15. The first-order chi connectivity index (χ1) is 11.3. The third-order valence-corrected chi connectivity index (χ3v) is 5.23. The van der Waals surface area contributed by atoms with E-state index in [1.54, 1.807) is 6.92 Å². The van der Waals surface area contributed by atoms with E-state index in [1.807, 2.05) is 0 Å². The van der Waals surface area contributed by atoms with Gasteiger partial charge in [0.2, 0.25) is 0 Å². The van der Waals surface area contributed by atoms with Crippen LogP contribution >= 0.6 is 0 Å². The zero-order chi connectivity index (χ0) is 17.3. The number of likely N-dealkylation sites (tertiary alicyclic amines) is 2. The molecule has 0 bridgehead atoms. The van der Waals surface area contributed by atoms with E-state index in [4.69, 9.17) is 0 Å². The van der Waals surface area contributed by atoms with Gasteiger partial charge in [0, 0.05) is 12.0 Å². The van der Waals surface area contributed by atoms with E-state index >= 15 is 0 Å². The second-order valence-electron chi connectivity index (χ2n) is 7.13. The van der Waals surface area contributed by atoms with E-state index in [0.29, 0.717) is 17.7 Å². The van der Waals surface area contributed by atoms with Crippen molar-refractivity contribution in [3.05, 3.63) is 11.6 Å². The first-order valence-electron chi connectivity index (χ1n) is 8.72. The first-order valence-corrected chi connectivity index (χ1v) is 8.72. The molecular weight excluding hydrogens is 319 g/mol. The van der Waals surface area contributed by atoms with E-state index in [0.717, 1.165) is 43.7 Å². The van der Waals surface area contributed by atoms with Crippen LogP contribution in [0.3, 0.4) is 0 Å². The van der Waals surface area contributed by atoms with Crippen LogP contribution in [-0.2, 0) is 6.54 Å². The van der Waals surface area contributed by atoms with Crippen LogP contribution in [0.25, 0.3) is 0 Å². The molecule has 0 N–H and O–H groups in total. The number of hydrogen-bond donors (Lipinski definition) is 0. The Labute approximate surface area is 140 Å². The number of rotatable bonds is 3. The van der Waals surface area contributed by atoms with Gasteiger partial charge in [-0.25, -0.2) is 9.67 Å². The fraction of sp³-hybridized carbons (Fsp3) is 0.875. The topological polar surface area (TPSA) is 37.2 Å². The summed E-state index contributed by atoms with van der Waals surface area (Å²) in [5.74, 6) is 1.01. The van der Waals surface area contributed by atoms with Crippen LogP contribution in [-0.4, -0.2) is 70.0 Å². The Morgan fingerprint density at radius 1 is 1.04 bits per heavy atom. The van der Waals surface area contributed by atoms with Crippen molar-refractivity contribution in [2.75, 3.05) is 33.2 Å². The highest BCUT2D eigenvalue weighted by Gasteiger charge is 2.34. The summed E-state index contributed by atoms with van der Waals surface area (Å²) in [4.78, 5) is 9.16. The predicted molar refractivity (Wildman–Crippen MR) is 84.9 cm³/mol. The molecule has 0 aliphatic carbocycles. The molecule has 1 aromatic rings. The van der Waals surface area contributed by atoms with Crippen LogP contribution < -0.4 is 0 Å². The van der Waals surface area contributed by atoms with Crippen molar-refractivity contribution in [1.29, 1.82) is 0 Å². The maximum absolute atomic E-state index is 12.7. The molecule has 0 unspecified atom stereocenters. The van der Waals surface area contributed by atoms with Crippen molar-refractivity contribution in [2.24, 2.45) is 0 Å². The smallest absolute Gasteiger partial charge is 0.306 e. The molecule has 2 fully saturated rings. The molecule has 0 amide bonds. The Morgan fingerprint density at radius 3 is 2.25 bits per heavy atom. The Hall–Kier alpha value is -1.15. The van der Waals surface area contributed by atoms with Gasteiger partial charge in [-0.15, -0.1) is 0 Å².